The van der Waals surface area contributed by atoms with Crippen LogP contribution in [0, 0.1) is 5.92 Å². The normalized spacial score (nSPS) is 19.7. The van der Waals surface area contributed by atoms with Crippen LogP contribution >= 0.6 is 12.1 Å². The molecule has 0 unspecified atom stereocenters. The van der Waals surface area contributed by atoms with Gasteiger partial charge in [-0.25, -0.2) is 9.52 Å². The van der Waals surface area contributed by atoms with Gasteiger partial charge in [0.2, 0.25) is 0 Å². The molecule has 1 aromatic rings. The summed E-state index contributed by atoms with van der Waals surface area (Å²) in [6.07, 6.45) is 6.93. The van der Waals surface area contributed by atoms with Gasteiger partial charge in [-0.15, -0.1) is 0 Å². The number of rotatable bonds is 5. The Morgan fingerprint density at radius 2 is 1.83 bits per heavy atom. The van der Waals surface area contributed by atoms with Crippen molar-refractivity contribution in [1.29, 1.82) is 0 Å². The molecule has 0 bridgehead atoms. The Labute approximate surface area is 148 Å². The van der Waals surface area contributed by atoms with Crippen LogP contribution in [-0.2, 0) is 25.7 Å². The fraction of sp³-hybridized carbons (Fsp3) is 0.611. The maximum absolute atomic E-state index is 12.3. The lowest BCUT2D eigenvalue weighted by molar-refractivity contribution is 0.138. The summed E-state index contributed by atoms with van der Waals surface area (Å²) in [5, 5.41) is 3.15. The molecule has 6 heteroatoms. The minimum Gasteiger partial charge on any atom is -0.307 e. The number of likely N-dealkylation sites (tertiary alicyclic amines) is 1. The minimum atomic E-state index is -0.118. The van der Waals surface area contributed by atoms with E-state index in [1.807, 2.05) is 0 Å². The van der Waals surface area contributed by atoms with Crippen LogP contribution in [0.5, 0.6) is 0 Å². The van der Waals surface area contributed by atoms with Crippen molar-refractivity contribution in [2.75, 3.05) is 32.0 Å². The number of amides is 2. The molecule has 3 N–H and O–H groups in total. The Hall–Kier alpha value is -1.24. The molecule has 1 fully saturated rings. The van der Waals surface area contributed by atoms with Gasteiger partial charge in [-0.05, 0) is 73.7 Å². The number of nitrogens with one attached hydrogen (secondary N) is 3. The average Bonchev–Trinajstić information content (AvgIpc) is 3.17. The van der Waals surface area contributed by atoms with Crippen molar-refractivity contribution in [1.82, 2.24) is 14.3 Å². The number of hydrogen-bond donors (Lipinski definition) is 3. The predicted octanol–water partition coefficient (Wildman–Crippen LogP) is 2.50. The van der Waals surface area contributed by atoms with Crippen molar-refractivity contribution in [3.63, 3.8) is 0 Å². The van der Waals surface area contributed by atoms with Crippen LogP contribution < -0.4 is 14.8 Å². The zero-order chi connectivity index (χ0) is 16.5. The van der Waals surface area contributed by atoms with Gasteiger partial charge in [0.1, 0.15) is 0 Å². The van der Waals surface area contributed by atoms with Crippen molar-refractivity contribution in [2.24, 2.45) is 5.92 Å². The molecule has 5 nitrogen and oxygen atoms in total. The first-order chi connectivity index (χ1) is 11.7. The van der Waals surface area contributed by atoms with Crippen LogP contribution in [0.4, 0.5) is 10.5 Å². The van der Waals surface area contributed by atoms with E-state index in [0.717, 1.165) is 51.0 Å². The number of nitrogens with zero attached hydrogens (tertiary/aromatic N) is 1. The van der Waals surface area contributed by atoms with Crippen LogP contribution in [0.3, 0.4) is 0 Å². The molecule has 130 valence electrons. The summed E-state index contributed by atoms with van der Waals surface area (Å²) in [4.78, 5) is 14.6. The summed E-state index contributed by atoms with van der Waals surface area (Å²) in [6.45, 7) is 3.22. The summed E-state index contributed by atoms with van der Waals surface area (Å²) in [6, 6.07) is 2.27. The molecule has 0 aromatic heterocycles. The van der Waals surface area contributed by atoms with Crippen molar-refractivity contribution in [3.8, 4) is 0 Å². The zero-order valence-corrected chi connectivity index (χ0v) is 15.1. The van der Waals surface area contributed by atoms with Gasteiger partial charge in [0.05, 0.1) is 0 Å². The summed E-state index contributed by atoms with van der Waals surface area (Å²) < 4.78 is 6.12. The van der Waals surface area contributed by atoms with Crippen LogP contribution in [0.2, 0.25) is 0 Å². The number of fused-ring (bicyclic) bond motifs is 2. The third-order valence-electron chi connectivity index (χ3n) is 5.44. The quantitative estimate of drug-likeness (QED) is 0.566. The van der Waals surface area contributed by atoms with Gasteiger partial charge in [0.25, 0.3) is 0 Å². The van der Waals surface area contributed by atoms with Crippen LogP contribution in [0.1, 0.15) is 35.1 Å². The molecule has 1 heterocycles. The Kier molecular flexibility index (Phi) is 4.70. The second-order valence-corrected chi connectivity index (χ2v) is 8.02. The number of carbonyl (C=O) groups excluding carboxylic acids is 1. The molecule has 1 saturated heterocycles. The van der Waals surface area contributed by atoms with Gasteiger partial charge in [0.15, 0.2) is 0 Å². The van der Waals surface area contributed by atoms with E-state index in [2.05, 4.69) is 32.8 Å². The van der Waals surface area contributed by atoms with Crippen LogP contribution in [0.15, 0.2) is 6.07 Å². The van der Waals surface area contributed by atoms with Gasteiger partial charge in [-0.1, -0.05) is 6.07 Å². The average molecular weight is 347 g/mol. The Bertz CT molecular complexity index is 610. The number of benzene rings is 1. The SMILES string of the molecule is CN1CC(CNSNC(=O)Nc2c3c(cc4c2CCC4)CCC3)C1. The third kappa shape index (κ3) is 3.27. The first-order valence-corrected chi connectivity index (χ1v) is 9.83. The molecule has 1 aromatic carbocycles. The first kappa shape index (κ1) is 16.2. The summed E-state index contributed by atoms with van der Waals surface area (Å²) >= 11 is 1.30. The zero-order valence-electron chi connectivity index (χ0n) is 14.3. The van der Waals surface area contributed by atoms with Crippen molar-refractivity contribution in [3.05, 3.63) is 28.3 Å². The predicted molar refractivity (Wildman–Crippen MR) is 99.2 cm³/mol. The van der Waals surface area contributed by atoms with E-state index < -0.39 is 0 Å². The van der Waals surface area contributed by atoms with Gasteiger partial charge >= 0.3 is 6.03 Å². The van der Waals surface area contributed by atoms with Crippen molar-refractivity contribution >= 4 is 23.9 Å². The van der Waals surface area contributed by atoms with E-state index in [-0.39, 0.29) is 6.03 Å². The van der Waals surface area contributed by atoms with E-state index in [4.69, 9.17) is 0 Å². The largest absolute Gasteiger partial charge is 0.330 e. The Balaban J connectivity index is 1.33. The van der Waals surface area contributed by atoms with E-state index in [0.29, 0.717) is 5.92 Å². The third-order valence-corrected chi connectivity index (χ3v) is 6.04. The highest BCUT2D eigenvalue weighted by Gasteiger charge is 2.25. The van der Waals surface area contributed by atoms with Crippen molar-refractivity contribution < 1.29 is 4.79 Å². The maximum atomic E-state index is 12.3. The smallest absolute Gasteiger partial charge is 0.307 e. The topological polar surface area (TPSA) is 56.4 Å². The summed E-state index contributed by atoms with van der Waals surface area (Å²) in [5.41, 5.74) is 6.76. The van der Waals surface area contributed by atoms with Crippen LogP contribution in [0.25, 0.3) is 0 Å². The van der Waals surface area contributed by atoms with E-state index >= 15 is 0 Å². The Morgan fingerprint density at radius 1 is 1.17 bits per heavy atom. The van der Waals surface area contributed by atoms with E-state index in [1.165, 1.54) is 47.2 Å². The molecule has 1 aliphatic heterocycles. The lowest BCUT2D eigenvalue weighted by atomic mass is 9.99. The monoisotopic (exact) mass is 346 g/mol. The molecule has 3 aliphatic rings. The second-order valence-electron chi connectivity index (χ2n) is 7.33. The van der Waals surface area contributed by atoms with Gasteiger partial charge in [0, 0.05) is 37.5 Å². The number of aryl methyl sites for hydroxylation is 2. The second kappa shape index (κ2) is 6.94. The number of anilines is 1. The van der Waals surface area contributed by atoms with Gasteiger partial charge < -0.3 is 10.2 Å². The number of urea groups is 1. The summed E-state index contributed by atoms with van der Waals surface area (Å²) in [7, 11) is 2.13. The summed E-state index contributed by atoms with van der Waals surface area (Å²) in [5.74, 6) is 0.702. The molecule has 2 amide bonds. The molecule has 4 rings (SSSR count). The van der Waals surface area contributed by atoms with Gasteiger partial charge in [-0.2, -0.15) is 0 Å². The highest BCUT2D eigenvalue weighted by Crippen LogP contribution is 2.38. The fourth-order valence-corrected chi connectivity index (χ4v) is 4.84. The molecular weight excluding hydrogens is 320 g/mol. The van der Waals surface area contributed by atoms with E-state index in [1.54, 1.807) is 0 Å². The van der Waals surface area contributed by atoms with Crippen molar-refractivity contribution in [2.45, 2.75) is 38.5 Å². The highest BCUT2D eigenvalue weighted by molar-refractivity contribution is 7.96. The van der Waals surface area contributed by atoms with Gasteiger partial charge in [-0.3, -0.25) is 4.72 Å². The lowest BCUT2D eigenvalue weighted by Crippen LogP contribution is -2.47. The molecule has 0 spiro atoms. The fourth-order valence-electron chi connectivity index (χ4n) is 4.31. The standard InChI is InChI=1S/C18H26N4OS/c1-22-10-12(11-22)9-19-24-21-18(23)20-17-15-6-2-4-13(15)8-14-5-3-7-16(14)17/h8,12,19H,2-7,9-11H2,1H3,(H2,20,21,23). The molecule has 0 atom stereocenters. The first-order valence-electron chi connectivity index (χ1n) is 9.01. The number of hydrogen-bond acceptors (Lipinski definition) is 4. The molecule has 2 aliphatic carbocycles. The Morgan fingerprint density at radius 3 is 2.46 bits per heavy atom. The lowest BCUT2D eigenvalue weighted by Gasteiger charge is -2.36. The molecule has 24 heavy (non-hydrogen) atoms. The highest BCUT2D eigenvalue weighted by atomic mass is 32.2. The number of carbonyl (C=O) groups is 1. The van der Waals surface area contributed by atoms with Crippen LogP contribution in [-0.4, -0.2) is 37.6 Å². The van der Waals surface area contributed by atoms with E-state index in [9.17, 15) is 4.79 Å². The maximum Gasteiger partial charge on any atom is 0.330 e. The minimum absolute atomic E-state index is 0.118. The molecule has 0 saturated carbocycles. The molecular formula is C18H26N4OS. The molecule has 0 radical (unpaired) electrons.